The predicted octanol–water partition coefficient (Wildman–Crippen LogP) is 3.09. The fourth-order valence-electron chi connectivity index (χ4n) is 4.58. The number of aryl methyl sites for hydroxylation is 2. The van der Waals surface area contributed by atoms with E-state index >= 15 is 0 Å². The molecule has 5 rings (SSSR count). The minimum Gasteiger partial charge on any atom is -0.383 e. The molecule has 1 aromatic heterocycles. The summed E-state index contributed by atoms with van der Waals surface area (Å²) in [5.74, 6) is -1.45. The lowest BCUT2D eigenvalue weighted by molar-refractivity contribution is -0.136. The number of anilines is 2. The lowest BCUT2D eigenvalue weighted by atomic mass is 9.91. The zero-order chi connectivity index (χ0) is 23.2. The minimum absolute atomic E-state index is 0.0847. The van der Waals surface area contributed by atoms with Gasteiger partial charge in [-0.3, -0.25) is 14.4 Å². The van der Waals surface area contributed by atoms with Crippen molar-refractivity contribution in [2.45, 2.75) is 38.2 Å². The molecule has 0 bridgehead atoms. The van der Waals surface area contributed by atoms with Crippen molar-refractivity contribution < 1.29 is 19.5 Å². The van der Waals surface area contributed by atoms with Gasteiger partial charge in [-0.2, -0.15) is 0 Å². The molecule has 0 aliphatic carbocycles. The Hall–Kier alpha value is -3.23. The molecule has 1 unspecified atom stereocenters. The molecule has 3 heterocycles. The first kappa shape index (κ1) is 21.6. The van der Waals surface area contributed by atoms with Crippen molar-refractivity contribution in [3.63, 3.8) is 0 Å². The van der Waals surface area contributed by atoms with Crippen LogP contribution in [0.2, 0.25) is 0 Å². The molecular weight excluding hydrogens is 438 g/mol. The summed E-state index contributed by atoms with van der Waals surface area (Å²) in [6.07, 6.45) is 2.80. The van der Waals surface area contributed by atoms with E-state index in [1.165, 1.54) is 11.3 Å². The van der Waals surface area contributed by atoms with E-state index in [1.54, 1.807) is 6.92 Å². The van der Waals surface area contributed by atoms with Crippen molar-refractivity contribution in [3.8, 4) is 0 Å². The predicted molar refractivity (Wildman–Crippen MR) is 128 cm³/mol. The van der Waals surface area contributed by atoms with E-state index in [1.807, 2.05) is 47.4 Å². The fraction of sp³-hybridized carbons (Fsp3) is 0.320. The van der Waals surface area contributed by atoms with Gasteiger partial charge in [-0.1, -0.05) is 18.2 Å². The molecule has 0 spiro atoms. The SMILES string of the molecule is CC(O)(CNC(=O)C(=O)Nc1cc2c3c(c1)CCC(=O)N3CCC2)c1cc2ccccc2s1. The number of aliphatic hydroxyl groups is 1. The molecule has 3 amide bonds. The quantitative estimate of drug-likeness (QED) is 0.518. The summed E-state index contributed by atoms with van der Waals surface area (Å²) in [5, 5.41) is 17.2. The Balaban J connectivity index is 1.26. The number of benzene rings is 2. The highest BCUT2D eigenvalue weighted by Crippen LogP contribution is 2.38. The summed E-state index contributed by atoms with van der Waals surface area (Å²) in [5.41, 5.74) is 2.27. The standard InChI is InChI=1S/C25H25N3O4S/c1-25(32,20-13-15-5-2-3-7-19(15)33-20)14-26-23(30)24(31)27-18-11-16-6-4-10-28-21(29)9-8-17(12-18)22(16)28/h2-3,5,7,11-13,32H,4,6,8-10,14H2,1H3,(H,26,30)(H,27,31). The van der Waals surface area contributed by atoms with Crippen molar-refractivity contribution in [2.24, 2.45) is 0 Å². The fourth-order valence-corrected chi connectivity index (χ4v) is 5.69. The van der Waals surface area contributed by atoms with E-state index < -0.39 is 17.4 Å². The van der Waals surface area contributed by atoms with Crippen molar-refractivity contribution in [2.75, 3.05) is 23.3 Å². The largest absolute Gasteiger partial charge is 0.383 e. The number of hydrogen-bond acceptors (Lipinski definition) is 5. The molecule has 2 aliphatic heterocycles. The van der Waals surface area contributed by atoms with Crippen LogP contribution in [0.4, 0.5) is 11.4 Å². The first-order chi connectivity index (χ1) is 15.8. The molecular formula is C25H25N3O4S. The number of carbonyl (C=O) groups excluding carboxylic acids is 3. The number of nitrogens with one attached hydrogen (secondary N) is 2. The van der Waals surface area contributed by atoms with Crippen LogP contribution in [0.25, 0.3) is 10.1 Å². The average Bonchev–Trinajstić information content (AvgIpc) is 3.25. The third-order valence-corrected chi connectivity index (χ3v) is 7.66. The van der Waals surface area contributed by atoms with Gasteiger partial charge in [0.25, 0.3) is 0 Å². The molecule has 1 atom stereocenters. The van der Waals surface area contributed by atoms with Gasteiger partial charge in [-0.25, -0.2) is 0 Å². The summed E-state index contributed by atoms with van der Waals surface area (Å²) in [6, 6.07) is 13.4. The van der Waals surface area contributed by atoms with Crippen molar-refractivity contribution in [1.82, 2.24) is 5.32 Å². The zero-order valence-electron chi connectivity index (χ0n) is 18.3. The van der Waals surface area contributed by atoms with Gasteiger partial charge in [-0.15, -0.1) is 11.3 Å². The van der Waals surface area contributed by atoms with Crippen LogP contribution < -0.4 is 15.5 Å². The van der Waals surface area contributed by atoms with Crippen LogP contribution in [-0.2, 0) is 32.8 Å². The van der Waals surface area contributed by atoms with Gasteiger partial charge in [0.2, 0.25) is 5.91 Å². The molecule has 0 radical (unpaired) electrons. The summed E-state index contributed by atoms with van der Waals surface area (Å²) in [7, 11) is 0. The maximum absolute atomic E-state index is 12.5. The van der Waals surface area contributed by atoms with E-state index in [0.29, 0.717) is 18.5 Å². The summed E-state index contributed by atoms with van der Waals surface area (Å²) in [4.78, 5) is 39.8. The third kappa shape index (κ3) is 4.12. The molecule has 2 aliphatic rings. The van der Waals surface area contributed by atoms with Gasteiger partial charge < -0.3 is 20.6 Å². The second-order valence-corrected chi connectivity index (χ2v) is 9.93. The lowest BCUT2D eigenvalue weighted by Gasteiger charge is -2.35. The smallest absolute Gasteiger partial charge is 0.313 e. The second kappa shape index (κ2) is 8.28. The molecule has 3 aromatic rings. The van der Waals surface area contributed by atoms with Crippen LogP contribution in [0.15, 0.2) is 42.5 Å². The van der Waals surface area contributed by atoms with Crippen LogP contribution in [0, 0.1) is 0 Å². The Kier molecular flexibility index (Phi) is 5.42. The van der Waals surface area contributed by atoms with Crippen LogP contribution in [0.1, 0.15) is 35.8 Å². The number of thiophene rings is 1. The number of carbonyl (C=O) groups is 3. The highest BCUT2D eigenvalue weighted by atomic mass is 32.1. The normalized spacial score (nSPS) is 16.8. The molecule has 3 N–H and O–H groups in total. The third-order valence-electron chi connectivity index (χ3n) is 6.29. The van der Waals surface area contributed by atoms with Crippen molar-refractivity contribution >= 4 is 50.5 Å². The molecule has 8 heteroatoms. The van der Waals surface area contributed by atoms with Gasteiger partial charge in [0.15, 0.2) is 0 Å². The van der Waals surface area contributed by atoms with E-state index in [2.05, 4.69) is 10.6 Å². The first-order valence-electron chi connectivity index (χ1n) is 11.1. The summed E-state index contributed by atoms with van der Waals surface area (Å²) >= 11 is 1.46. The number of fused-ring (bicyclic) bond motifs is 1. The highest BCUT2D eigenvalue weighted by Gasteiger charge is 2.31. The minimum atomic E-state index is -1.30. The molecule has 7 nitrogen and oxygen atoms in total. The summed E-state index contributed by atoms with van der Waals surface area (Å²) in [6.45, 7) is 2.27. The maximum atomic E-state index is 12.5. The molecule has 0 saturated heterocycles. The Morgan fingerprint density at radius 1 is 1.09 bits per heavy atom. The molecule has 2 aromatic carbocycles. The number of hydrogen-bond donors (Lipinski definition) is 3. The van der Waals surface area contributed by atoms with Crippen molar-refractivity contribution in [1.29, 1.82) is 0 Å². The van der Waals surface area contributed by atoms with E-state index in [4.69, 9.17) is 0 Å². The van der Waals surface area contributed by atoms with E-state index in [0.717, 1.165) is 51.2 Å². The van der Waals surface area contributed by atoms with Crippen molar-refractivity contribution in [3.05, 3.63) is 58.5 Å². The topological polar surface area (TPSA) is 98.7 Å². The van der Waals surface area contributed by atoms with Gasteiger partial charge in [0, 0.05) is 28.2 Å². The Bertz CT molecular complexity index is 1230. The van der Waals surface area contributed by atoms with Crippen LogP contribution >= 0.6 is 11.3 Å². The van der Waals surface area contributed by atoms with E-state index in [9.17, 15) is 19.5 Å². The molecule has 0 saturated carbocycles. The van der Waals surface area contributed by atoms with Crippen LogP contribution in [0.5, 0.6) is 0 Å². The molecule has 33 heavy (non-hydrogen) atoms. The lowest BCUT2D eigenvalue weighted by Crippen LogP contribution is -2.43. The van der Waals surface area contributed by atoms with Gasteiger partial charge in [0.1, 0.15) is 5.60 Å². The Morgan fingerprint density at radius 3 is 2.64 bits per heavy atom. The van der Waals surface area contributed by atoms with Gasteiger partial charge in [-0.05, 0) is 67.0 Å². The van der Waals surface area contributed by atoms with Crippen LogP contribution in [-0.4, -0.2) is 35.9 Å². The van der Waals surface area contributed by atoms with Crippen LogP contribution in [0.3, 0.4) is 0 Å². The maximum Gasteiger partial charge on any atom is 0.313 e. The Morgan fingerprint density at radius 2 is 1.85 bits per heavy atom. The Labute approximate surface area is 195 Å². The number of amides is 3. The van der Waals surface area contributed by atoms with Gasteiger partial charge in [0.05, 0.1) is 12.2 Å². The molecule has 0 fully saturated rings. The van der Waals surface area contributed by atoms with Gasteiger partial charge >= 0.3 is 11.8 Å². The number of rotatable bonds is 4. The molecule has 170 valence electrons. The highest BCUT2D eigenvalue weighted by molar-refractivity contribution is 7.19. The summed E-state index contributed by atoms with van der Waals surface area (Å²) < 4.78 is 1.05. The first-order valence-corrected chi connectivity index (χ1v) is 11.9. The monoisotopic (exact) mass is 463 g/mol. The average molecular weight is 464 g/mol. The number of nitrogens with zero attached hydrogens (tertiary/aromatic N) is 1. The second-order valence-electron chi connectivity index (χ2n) is 8.85. The van der Waals surface area contributed by atoms with E-state index in [-0.39, 0.29) is 12.5 Å². The zero-order valence-corrected chi connectivity index (χ0v) is 19.1.